The summed E-state index contributed by atoms with van der Waals surface area (Å²) in [5.74, 6) is 0. The number of carbonyl (C=O) groups is 1. The Bertz CT molecular complexity index is 961. The lowest BCUT2D eigenvalue weighted by Crippen LogP contribution is -2.43. The van der Waals surface area contributed by atoms with E-state index in [4.69, 9.17) is 4.74 Å². The first-order chi connectivity index (χ1) is 14.2. The average Bonchev–Trinajstić information content (AvgIpc) is 3.34. The van der Waals surface area contributed by atoms with Crippen molar-refractivity contribution in [3.8, 4) is 0 Å². The maximum absolute atomic E-state index is 12.9. The molecule has 2 amide bonds. The van der Waals surface area contributed by atoms with Gasteiger partial charge in [0.2, 0.25) is 0 Å². The Morgan fingerprint density at radius 3 is 3.03 bits per heavy atom. The van der Waals surface area contributed by atoms with Gasteiger partial charge < -0.3 is 9.64 Å². The van der Waals surface area contributed by atoms with Crippen LogP contribution in [0.2, 0.25) is 0 Å². The molecule has 2 aliphatic heterocycles. The van der Waals surface area contributed by atoms with Crippen LogP contribution in [0.4, 0.5) is 9.93 Å². The van der Waals surface area contributed by atoms with E-state index >= 15 is 0 Å². The predicted octanol–water partition coefficient (Wildman–Crippen LogP) is 2.35. The van der Waals surface area contributed by atoms with Crippen molar-refractivity contribution in [1.82, 2.24) is 19.7 Å². The van der Waals surface area contributed by atoms with Crippen molar-refractivity contribution in [1.29, 1.82) is 0 Å². The molecule has 3 aliphatic rings. The maximum Gasteiger partial charge on any atom is 0.323 e. The molecule has 0 radical (unpaired) electrons. The van der Waals surface area contributed by atoms with Gasteiger partial charge in [-0.1, -0.05) is 0 Å². The molecule has 0 aromatic carbocycles. The van der Waals surface area contributed by atoms with E-state index in [0.29, 0.717) is 31.4 Å². The van der Waals surface area contributed by atoms with Crippen LogP contribution in [0.1, 0.15) is 47.5 Å². The summed E-state index contributed by atoms with van der Waals surface area (Å²) in [6, 6.07) is 1.46. The number of hydrogen-bond donors (Lipinski definition) is 1. The molecule has 1 saturated heterocycles. The normalized spacial score (nSPS) is 21.0. The van der Waals surface area contributed by atoms with Crippen LogP contribution >= 0.6 is 11.3 Å². The highest BCUT2D eigenvalue weighted by atomic mass is 32.1. The predicted molar refractivity (Wildman–Crippen MR) is 109 cm³/mol. The molecule has 0 bridgehead atoms. The highest BCUT2D eigenvalue weighted by Crippen LogP contribution is 2.30. The van der Waals surface area contributed by atoms with Crippen LogP contribution in [0.5, 0.6) is 0 Å². The molecule has 0 saturated carbocycles. The Kier molecular flexibility index (Phi) is 5.09. The Labute approximate surface area is 172 Å². The van der Waals surface area contributed by atoms with Crippen LogP contribution in [-0.2, 0) is 37.2 Å². The summed E-state index contributed by atoms with van der Waals surface area (Å²) in [4.78, 5) is 33.1. The van der Waals surface area contributed by atoms with Crippen molar-refractivity contribution in [2.75, 3.05) is 18.5 Å². The number of ether oxygens (including phenoxy) is 1. The third kappa shape index (κ3) is 3.81. The molecule has 8 nitrogen and oxygen atoms in total. The molecule has 1 fully saturated rings. The van der Waals surface area contributed by atoms with Gasteiger partial charge >= 0.3 is 6.03 Å². The van der Waals surface area contributed by atoms with E-state index < -0.39 is 0 Å². The molecule has 9 heteroatoms. The fourth-order valence-electron chi connectivity index (χ4n) is 4.44. The van der Waals surface area contributed by atoms with E-state index in [2.05, 4.69) is 15.4 Å². The Hall–Kier alpha value is -2.26. The lowest BCUT2D eigenvalue weighted by molar-refractivity contribution is 0.107. The first-order valence-corrected chi connectivity index (χ1v) is 11.2. The molecule has 1 atom stereocenters. The highest BCUT2D eigenvalue weighted by molar-refractivity contribution is 7.15. The zero-order valence-corrected chi connectivity index (χ0v) is 17.2. The van der Waals surface area contributed by atoms with Crippen LogP contribution in [0.25, 0.3) is 0 Å². The number of anilines is 1. The number of carbonyl (C=O) groups excluding carboxylic acids is 1. The molecule has 5 rings (SSSR count). The van der Waals surface area contributed by atoms with E-state index in [9.17, 15) is 9.59 Å². The van der Waals surface area contributed by atoms with Crippen molar-refractivity contribution in [3.63, 3.8) is 0 Å². The monoisotopic (exact) mass is 415 g/mol. The Morgan fingerprint density at radius 1 is 1.24 bits per heavy atom. The van der Waals surface area contributed by atoms with Crippen LogP contribution in [0.3, 0.4) is 0 Å². The minimum Gasteiger partial charge on any atom is -0.376 e. The van der Waals surface area contributed by atoms with Gasteiger partial charge in [0.1, 0.15) is 0 Å². The van der Waals surface area contributed by atoms with Gasteiger partial charge in [0.05, 0.1) is 37.2 Å². The number of rotatable bonds is 3. The highest BCUT2D eigenvalue weighted by Gasteiger charge is 2.30. The van der Waals surface area contributed by atoms with Gasteiger partial charge in [0.15, 0.2) is 5.13 Å². The van der Waals surface area contributed by atoms with Gasteiger partial charge in [-0.25, -0.2) is 14.5 Å². The molecule has 154 valence electrons. The number of aromatic nitrogens is 3. The van der Waals surface area contributed by atoms with E-state index in [1.807, 2.05) is 4.90 Å². The second kappa shape index (κ2) is 7.87. The fourth-order valence-corrected chi connectivity index (χ4v) is 5.48. The van der Waals surface area contributed by atoms with Gasteiger partial charge in [-0.2, -0.15) is 5.10 Å². The maximum atomic E-state index is 12.9. The quantitative estimate of drug-likeness (QED) is 0.831. The van der Waals surface area contributed by atoms with E-state index in [1.54, 1.807) is 17.4 Å². The van der Waals surface area contributed by atoms with Crippen molar-refractivity contribution in [2.45, 2.75) is 64.1 Å². The third-order valence-corrected chi connectivity index (χ3v) is 7.06. The van der Waals surface area contributed by atoms with Crippen molar-refractivity contribution < 1.29 is 9.53 Å². The van der Waals surface area contributed by atoms with Crippen LogP contribution < -0.4 is 10.9 Å². The lowest BCUT2D eigenvalue weighted by atomic mass is 10.0. The standard InChI is InChI=1S/C20H25N5O3S/c26-18-10-13-12-28-9-7-15(13)23-25(18)11-14-4-3-8-24(14)20(27)22-19-21-16-5-1-2-6-17(16)29-19/h10,14H,1-9,11-12H2,(H,21,22,27). The zero-order chi connectivity index (χ0) is 19.8. The number of nitrogens with zero attached hydrogens (tertiary/aromatic N) is 4. The molecule has 0 spiro atoms. The topological polar surface area (TPSA) is 89.4 Å². The number of thiazole rings is 1. The minimum absolute atomic E-state index is 0.0346. The number of fused-ring (bicyclic) bond motifs is 2. The summed E-state index contributed by atoms with van der Waals surface area (Å²) in [5.41, 5.74) is 2.82. The second-order valence-corrected chi connectivity index (χ2v) is 9.04. The van der Waals surface area contributed by atoms with Gasteiger partial charge in [-0.3, -0.25) is 10.1 Å². The number of likely N-dealkylation sites (tertiary alicyclic amines) is 1. The molecule has 2 aromatic heterocycles. The number of urea groups is 1. The molecule has 29 heavy (non-hydrogen) atoms. The Balaban J connectivity index is 1.29. The minimum atomic E-state index is -0.130. The van der Waals surface area contributed by atoms with Crippen molar-refractivity contribution in [2.24, 2.45) is 0 Å². The van der Waals surface area contributed by atoms with Crippen LogP contribution in [0, 0.1) is 0 Å². The average molecular weight is 416 g/mol. The molecule has 2 aromatic rings. The van der Waals surface area contributed by atoms with Gasteiger partial charge in [0.25, 0.3) is 5.56 Å². The summed E-state index contributed by atoms with van der Waals surface area (Å²) < 4.78 is 6.92. The summed E-state index contributed by atoms with van der Waals surface area (Å²) in [5, 5.41) is 8.24. The molecule has 1 unspecified atom stereocenters. The van der Waals surface area contributed by atoms with Crippen molar-refractivity contribution >= 4 is 22.5 Å². The summed E-state index contributed by atoms with van der Waals surface area (Å²) in [7, 11) is 0. The molecular formula is C20H25N5O3S. The summed E-state index contributed by atoms with van der Waals surface area (Å²) in [6.07, 6.45) is 6.97. The van der Waals surface area contributed by atoms with Gasteiger partial charge in [-0.15, -0.1) is 11.3 Å². The largest absolute Gasteiger partial charge is 0.376 e. The Morgan fingerprint density at radius 2 is 2.14 bits per heavy atom. The van der Waals surface area contributed by atoms with Crippen molar-refractivity contribution in [3.05, 3.63) is 38.2 Å². The number of nitrogens with one attached hydrogen (secondary N) is 1. The van der Waals surface area contributed by atoms with E-state index in [-0.39, 0.29) is 17.6 Å². The lowest BCUT2D eigenvalue weighted by Gasteiger charge is -2.25. The molecule has 4 heterocycles. The smallest absolute Gasteiger partial charge is 0.323 e. The third-order valence-electron chi connectivity index (χ3n) is 5.99. The zero-order valence-electron chi connectivity index (χ0n) is 16.4. The van der Waals surface area contributed by atoms with Gasteiger partial charge in [-0.05, 0) is 38.5 Å². The number of aryl methyl sites for hydroxylation is 2. The van der Waals surface area contributed by atoms with Crippen LogP contribution in [0.15, 0.2) is 10.9 Å². The number of amides is 2. The second-order valence-electron chi connectivity index (χ2n) is 7.95. The van der Waals surface area contributed by atoms with E-state index in [0.717, 1.165) is 49.1 Å². The van der Waals surface area contributed by atoms with E-state index in [1.165, 1.54) is 22.4 Å². The fraction of sp³-hybridized carbons (Fsp3) is 0.600. The molecular weight excluding hydrogens is 390 g/mol. The van der Waals surface area contributed by atoms with Crippen LogP contribution in [-0.4, -0.2) is 44.9 Å². The SMILES string of the molecule is O=C(Nc1nc2c(s1)CCCC2)N1CCCC1Cn1nc2c(cc1=O)COCC2. The number of hydrogen-bond acceptors (Lipinski definition) is 6. The van der Waals surface area contributed by atoms with Gasteiger partial charge in [0, 0.05) is 29.5 Å². The summed E-state index contributed by atoms with van der Waals surface area (Å²) >= 11 is 1.60. The molecule has 1 aliphatic carbocycles. The molecule has 1 N–H and O–H groups in total. The first kappa shape index (κ1) is 18.7. The first-order valence-electron chi connectivity index (χ1n) is 10.4. The summed E-state index contributed by atoms with van der Waals surface area (Å²) in [6.45, 7) is 2.20.